The smallest absolute Gasteiger partial charge is 0.260 e. The zero-order valence-corrected chi connectivity index (χ0v) is 11.3. The minimum absolute atomic E-state index is 0.00734. The number of halogens is 2. The summed E-state index contributed by atoms with van der Waals surface area (Å²) in [6.07, 6.45) is 1.19. The van der Waals surface area contributed by atoms with Crippen molar-refractivity contribution in [1.82, 2.24) is 0 Å². The average molecular weight is 319 g/mol. The van der Waals surface area contributed by atoms with E-state index in [4.69, 9.17) is 21.2 Å². The predicted octanol–water partition coefficient (Wildman–Crippen LogP) is 1.97. The molecule has 6 nitrogen and oxygen atoms in total. The Morgan fingerprint density at radius 1 is 1.35 bits per heavy atom. The molecule has 0 unspecified atom stereocenters. The van der Waals surface area contributed by atoms with Gasteiger partial charge in [-0.25, -0.2) is 17.9 Å². The highest BCUT2D eigenvalue weighted by Gasteiger charge is 2.17. The number of nitrogens with two attached hydrogens (primary N) is 1. The van der Waals surface area contributed by atoms with Crippen LogP contribution in [0.1, 0.15) is 10.4 Å². The summed E-state index contributed by atoms with van der Waals surface area (Å²) in [4.78, 5) is 11.5. The van der Waals surface area contributed by atoms with Crippen molar-refractivity contribution < 1.29 is 22.0 Å². The summed E-state index contributed by atoms with van der Waals surface area (Å²) in [7, 11) is -4.00. The first-order valence-corrected chi connectivity index (χ1v) is 7.08. The van der Waals surface area contributed by atoms with Gasteiger partial charge in [0.25, 0.3) is 5.91 Å². The second-order valence-corrected chi connectivity index (χ2v) is 5.65. The molecule has 106 valence electrons. The zero-order chi connectivity index (χ0) is 14.9. The van der Waals surface area contributed by atoms with Crippen LogP contribution in [0.25, 0.3) is 0 Å². The first-order chi connectivity index (χ1) is 9.29. The summed E-state index contributed by atoms with van der Waals surface area (Å²) in [6.45, 7) is 0. The summed E-state index contributed by atoms with van der Waals surface area (Å²) >= 11 is 5.61. The number of nitrogens with one attached hydrogen (secondary N) is 1. The van der Waals surface area contributed by atoms with Gasteiger partial charge in [0.2, 0.25) is 15.2 Å². The Labute approximate surface area is 118 Å². The third kappa shape index (κ3) is 2.98. The quantitative estimate of drug-likeness (QED) is 0.903. The molecule has 1 amide bonds. The van der Waals surface area contributed by atoms with Gasteiger partial charge in [-0.05, 0) is 35.9 Å². The summed E-state index contributed by atoms with van der Waals surface area (Å²) in [5.41, 5.74) is -0.342. The SMILES string of the molecule is NS(=O)(=O)c1ccc(F)c(NC(=O)c2ccoc2Cl)c1. The summed E-state index contributed by atoms with van der Waals surface area (Å²) in [6, 6.07) is 4.08. The summed E-state index contributed by atoms with van der Waals surface area (Å²) in [5, 5.41) is 6.95. The Kier molecular flexibility index (Phi) is 3.80. The maximum Gasteiger partial charge on any atom is 0.260 e. The molecule has 1 aromatic heterocycles. The molecule has 0 atom stereocenters. The van der Waals surface area contributed by atoms with Crippen molar-refractivity contribution in [2.45, 2.75) is 4.90 Å². The molecule has 0 saturated heterocycles. The molecular formula is C11H8ClFN2O4S. The van der Waals surface area contributed by atoms with E-state index in [9.17, 15) is 17.6 Å². The Bertz CT molecular complexity index is 772. The van der Waals surface area contributed by atoms with Crippen molar-refractivity contribution >= 4 is 33.2 Å². The highest BCUT2D eigenvalue weighted by Crippen LogP contribution is 2.22. The third-order valence-corrected chi connectivity index (χ3v) is 3.58. The molecule has 0 radical (unpaired) electrons. The van der Waals surface area contributed by atoms with Crippen molar-refractivity contribution in [1.29, 1.82) is 0 Å². The van der Waals surface area contributed by atoms with Crippen LogP contribution in [0.4, 0.5) is 10.1 Å². The van der Waals surface area contributed by atoms with Gasteiger partial charge in [0.15, 0.2) is 0 Å². The maximum absolute atomic E-state index is 13.6. The molecule has 9 heteroatoms. The second-order valence-electron chi connectivity index (χ2n) is 3.75. The van der Waals surface area contributed by atoms with Gasteiger partial charge in [0.1, 0.15) is 5.82 Å². The van der Waals surface area contributed by atoms with Crippen molar-refractivity contribution in [3.05, 3.63) is 47.1 Å². The van der Waals surface area contributed by atoms with Gasteiger partial charge < -0.3 is 9.73 Å². The first-order valence-electron chi connectivity index (χ1n) is 5.16. The van der Waals surface area contributed by atoms with Gasteiger partial charge in [-0.3, -0.25) is 4.79 Å². The van der Waals surface area contributed by atoms with Gasteiger partial charge in [0.05, 0.1) is 22.4 Å². The van der Waals surface area contributed by atoms with Crippen molar-refractivity contribution in [2.24, 2.45) is 5.14 Å². The van der Waals surface area contributed by atoms with E-state index in [1.807, 2.05) is 0 Å². The van der Waals surface area contributed by atoms with Crippen LogP contribution in [-0.4, -0.2) is 14.3 Å². The fourth-order valence-corrected chi connectivity index (χ4v) is 2.16. The monoisotopic (exact) mass is 318 g/mol. The van der Waals surface area contributed by atoms with Crippen LogP contribution >= 0.6 is 11.6 Å². The fraction of sp³-hybridized carbons (Fsp3) is 0. The van der Waals surface area contributed by atoms with E-state index in [-0.39, 0.29) is 21.4 Å². The number of carbonyl (C=O) groups is 1. The molecule has 0 bridgehead atoms. The van der Waals surface area contributed by atoms with Gasteiger partial charge in [-0.1, -0.05) is 0 Å². The molecule has 0 saturated carbocycles. The van der Waals surface area contributed by atoms with Crippen LogP contribution in [0.5, 0.6) is 0 Å². The molecule has 20 heavy (non-hydrogen) atoms. The number of hydrogen-bond acceptors (Lipinski definition) is 4. The first kappa shape index (κ1) is 14.5. The molecule has 0 spiro atoms. The molecule has 3 N–H and O–H groups in total. The number of benzene rings is 1. The van der Waals surface area contributed by atoms with Crippen LogP contribution in [-0.2, 0) is 10.0 Å². The molecular weight excluding hydrogens is 311 g/mol. The molecule has 1 heterocycles. The standard InChI is InChI=1S/C11H8ClFN2O4S/c12-10-7(3-4-19-10)11(16)15-9-5-6(20(14,17)18)1-2-8(9)13/h1-5H,(H,15,16)(H2,14,17,18). The molecule has 0 aliphatic heterocycles. The maximum atomic E-state index is 13.6. The third-order valence-electron chi connectivity index (χ3n) is 2.38. The van der Waals surface area contributed by atoms with E-state index in [1.54, 1.807) is 0 Å². The zero-order valence-electron chi connectivity index (χ0n) is 9.76. The number of sulfonamides is 1. The molecule has 2 rings (SSSR count). The lowest BCUT2D eigenvalue weighted by atomic mass is 10.2. The normalized spacial score (nSPS) is 11.3. The molecule has 0 fully saturated rings. The Balaban J connectivity index is 2.34. The lowest BCUT2D eigenvalue weighted by Gasteiger charge is -2.07. The average Bonchev–Trinajstić information content (AvgIpc) is 2.77. The Morgan fingerprint density at radius 3 is 2.60 bits per heavy atom. The number of primary sulfonamides is 1. The summed E-state index contributed by atoms with van der Waals surface area (Å²) in [5.74, 6) is -1.56. The van der Waals surface area contributed by atoms with Crippen molar-refractivity contribution in [2.75, 3.05) is 5.32 Å². The predicted molar refractivity (Wildman–Crippen MR) is 69.4 cm³/mol. The number of hydrogen-bond donors (Lipinski definition) is 2. The number of anilines is 1. The highest BCUT2D eigenvalue weighted by molar-refractivity contribution is 7.89. The van der Waals surface area contributed by atoms with Crippen molar-refractivity contribution in [3.63, 3.8) is 0 Å². The number of rotatable bonds is 3. The van der Waals surface area contributed by atoms with Crippen LogP contribution in [0.15, 0.2) is 39.8 Å². The molecule has 2 aromatic rings. The fourth-order valence-electron chi connectivity index (χ4n) is 1.42. The number of carbonyl (C=O) groups excluding carboxylic acids is 1. The Morgan fingerprint density at radius 2 is 2.05 bits per heavy atom. The van der Waals surface area contributed by atoms with E-state index >= 15 is 0 Å². The van der Waals surface area contributed by atoms with Crippen LogP contribution in [0.2, 0.25) is 5.22 Å². The van der Waals surface area contributed by atoms with Gasteiger partial charge >= 0.3 is 0 Å². The molecule has 1 aromatic carbocycles. The van der Waals surface area contributed by atoms with E-state index in [1.165, 1.54) is 12.3 Å². The second kappa shape index (κ2) is 5.23. The van der Waals surface area contributed by atoms with Gasteiger partial charge in [-0.2, -0.15) is 0 Å². The molecule has 0 aliphatic rings. The molecule has 0 aliphatic carbocycles. The summed E-state index contributed by atoms with van der Waals surface area (Å²) < 4.78 is 40.6. The van der Waals surface area contributed by atoms with Gasteiger partial charge in [0, 0.05) is 0 Å². The lowest BCUT2D eigenvalue weighted by molar-refractivity contribution is 0.102. The number of amides is 1. The van der Waals surface area contributed by atoms with Crippen LogP contribution in [0, 0.1) is 5.82 Å². The highest BCUT2D eigenvalue weighted by atomic mass is 35.5. The van der Waals surface area contributed by atoms with E-state index in [0.717, 1.165) is 18.2 Å². The largest absolute Gasteiger partial charge is 0.452 e. The van der Waals surface area contributed by atoms with E-state index in [2.05, 4.69) is 5.32 Å². The van der Waals surface area contributed by atoms with Crippen LogP contribution < -0.4 is 10.5 Å². The Hall–Kier alpha value is -1.90. The van der Waals surface area contributed by atoms with E-state index < -0.39 is 21.7 Å². The topological polar surface area (TPSA) is 102 Å². The number of furan rings is 1. The minimum Gasteiger partial charge on any atom is -0.452 e. The van der Waals surface area contributed by atoms with Crippen LogP contribution in [0.3, 0.4) is 0 Å². The van der Waals surface area contributed by atoms with Gasteiger partial charge in [-0.15, -0.1) is 0 Å². The minimum atomic E-state index is -4.00. The van der Waals surface area contributed by atoms with E-state index in [0.29, 0.717) is 0 Å². The lowest BCUT2D eigenvalue weighted by Crippen LogP contribution is -2.15. The van der Waals surface area contributed by atoms with Crippen molar-refractivity contribution in [3.8, 4) is 0 Å².